The third-order valence-electron chi connectivity index (χ3n) is 3.08. The first kappa shape index (κ1) is 23.1. The van der Waals surface area contributed by atoms with Crippen LogP contribution in [0.15, 0.2) is 53.4 Å². The molecule has 0 N–H and O–H groups in total. The molecule has 0 saturated carbocycles. The SMILES string of the molecule is O=C([N-]S(=O)(=O)c1ccccc1)c1cc(C(F)(F)F)cc(C(F)(F)F)c1.[Li+]. The van der Waals surface area contributed by atoms with E-state index in [2.05, 4.69) is 4.72 Å². The van der Waals surface area contributed by atoms with Crippen LogP contribution >= 0.6 is 0 Å². The van der Waals surface area contributed by atoms with Crippen LogP contribution in [0.1, 0.15) is 21.5 Å². The zero-order chi connectivity index (χ0) is 19.8. The number of hydrogen-bond acceptors (Lipinski definition) is 3. The maximum absolute atomic E-state index is 12.8. The number of sulfonamides is 1. The molecule has 0 aliphatic carbocycles. The molecule has 2 rings (SSSR count). The van der Waals surface area contributed by atoms with Crippen molar-refractivity contribution in [3.8, 4) is 0 Å². The summed E-state index contributed by atoms with van der Waals surface area (Å²) < 4.78 is 103. The van der Waals surface area contributed by atoms with Crippen molar-refractivity contribution in [2.24, 2.45) is 0 Å². The standard InChI is InChI=1S/C15H9F6NO3S.Li/c16-14(17,18)10-6-9(7-11(8-10)15(19,20)21)13(23)22-26(24,25)12-4-2-1-3-5-12;/h1-8H,(H,22,23);/q;+1/p-1. The van der Waals surface area contributed by atoms with Crippen LogP contribution in [0.25, 0.3) is 4.72 Å². The molecular formula is C15H8F6LiNO3S. The largest absolute Gasteiger partial charge is 1.00 e. The third-order valence-corrected chi connectivity index (χ3v) is 4.35. The second-order valence-corrected chi connectivity index (χ2v) is 6.58. The van der Waals surface area contributed by atoms with Crippen LogP contribution in [-0.2, 0) is 22.4 Å². The predicted octanol–water partition coefficient (Wildman–Crippen LogP) is 1.63. The van der Waals surface area contributed by atoms with E-state index in [-0.39, 0.29) is 37.1 Å². The molecule has 2 aromatic carbocycles. The zero-order valence-corrected chi connectivity index (χ0v) is 14.3. The summed E-state index contributed by atoms with van der Waals surface area (Å²) >= 11 is 0. The first-order valence-corrected chi connectivity index (χ1v) is 8.11. The normalized spacial score (nSPS) is 12.2. The fraction of sp³-hybridized carbons (Fsp3) is 0.133. The van der Waals surface area contributed by atoms with Crippen molar-refractivity contribution in [3.05, 3.63) is 69.9 Å². The van der Waals surface area contributed by atoms with Gasteiger partial charge in [0.1, 0.15) is 10.0 Å². The molecular weight excluding hydrogens is 395 g/mol. The number of nitrogens with zero attached hydrogens (tertiary/aromatic N) is 1. The molecule has 0 radical (unpaired) electrons. The fourth-order valence-corrected chi connectivity index (χ4v) is 2.82. The van der Waals surface area contributed by atoms with E-state index >= 15 is 0 Å². The van der Waals surface area contributed by atoms with Gasteiger partial charge in [0.2, 0.25) is 0 Å². The Hall–Kier alpha value is -1.96. The summed E-state index contributed by atoms with van der Waals surface area (Å²) in [4.78, 5) is 11.5. The van der Waals surface area contributed by atoms with Gasteiger partial charge in [0.25, 0.3) is 0 Å². The second-order valence-electron chi connectivity index (χ2n) is 4.98. The molecule has 140 valence electrons. The van der Waals surface area contributed by atoms with Gasteiger partial charge in [-0.05, 0) is 30.3 Å². The molecule has 0 atom stereocenters. The molecule has 1 amide bonds. The van der Waals surface area contributed by atoms with E-state index in [1.54, 1.807) is 0 Å². The van der Waals surface area contributed by atoms with Gasteiger partial charge in [-0.1, -0.05) is 18.2 Å². The minimum absolute atomic E-state index is 0. The maximum atomic E-state index is 12.8. The van der Waals surface area contributed by atoms with Crippen LogP contribution in [-0.4, -0.2) is 14.3 Å². The van der Waals surface area contributed by atoms with Crippen molar-refractivity contribution < 1.29 is 58.4 Å². The zero-order valence-electron chi connectivity index (χ0n) is 13.5. The van der Waals surface area contributed by atoms with E-state index in [0.717, 1.165) is 12.1 Å². The van der Waals surface area contributed by atoms with Crippen LogP contribution in [0, 0.1) is 0 Å². The Morgan fingerprint density at radius 2 is 1.26 bits per heavy atom. The van der Waals surface area contributed by atoms with Gasteiger partial charge in [0.05, 0.1) is 21.9 Å². The molecule has 0 aliphatic heterocycles. The van der Waals surface area contributed by atoms with Gasteiger partial charge in [-0.15, -0.1) is 0 Å². The van der Waals surface area contributed by atoms with Crippen molar-refractivity contribution in [3.63, 3.8) is 0 Å². The Labute approximate surface area is 161 Å². The van der Waals surface area contributed by atoms with Crippen molar-refractivity contribution >= 4 is 15.9 Å². The summed E-state index contributed by atoms with van der Waals surface area (Å²) in [5, 5.41) is 0. The fourth-order valence-electron chi connectivity index (χ4n) is 1.89. The Morgan fingerprint density at radius 1 is 0.815 bits per heavy atom. The molecule has 0 spiro atoms. The first-order chi connectivity index (χ1) is 11.8. The number of carbonyl (C=O) groups is 1. The van der Waals surface area contributed by atoms with Crippen molar-refractivity contribution in [1.82, 2.24) is 0 Å². The number of halogens is 6. The minimum atomic E-state index is -5.17. The van der Waals surface area contributed by atoms with Crippen LogP contribution in [0.2, 0.25) is 0 Å². The summed E-state index contributed by atoms with van der Waals surface area (Å²) in [6.07, 6.45) is -10.3. The van der Waals surface area contributed by atoms with Gasteiger partial charge in [-0.3, -0.25) is 0 Å². The van der Waals surface area contributed by atoms with E-state index in [0.29, 0.717) is 0 Å². The smallest absolute Gasteiger partial charge is 0.538 e. The van der Waals surface area contributed by atoms with Gasteiger partial charge in [0, 0.05) is 5.56 Å². The summed E-state index contributed by atoms with van der Waals surface area (Å²) in [5.41, 5.74) is -4.64. The predicted molar refractivity (Wildman–Crippen MR) is 77.8 cm³/mol. The Kier molecular flexibility index (Phi) is 6.80. The molecule has 0 bridgehead atoms. The molecule has 0 aromatic heterocycles. The summed E-state index contributed by atoms with van der Waals surface area (Å²) in [6, 6.07) is 6.26. The number of alkyl halides is 6. The molecule has 4 nitrogen and oxygen atoms in total. The van der Waals surface area contributed by atoms with Crippen molar-refractivity contribution in [1.29, 1.82) is 0 Å². The Bertz CT molecular complexity index is 895. The topological polar surface area (TPSA) is 65.3 Å². The van der Waals surface area contributed by atoms with E-state index in [9.17, 15) is 39.6 Å². The van der Waals surface area contributed by atoms with Crippen LogP contribution in [0.5, 0.6) is 0 Å². The van der Waals surface area contributed by atoms with E-state index in [1.807, 2.05) is 0 Å². The monoisotopic (exact) mass is 403 g/mol. The van der Waals surface area contributed by atoms with Gasteiger partial charge in [0.15, 0.2) is 0 Å². The molecule has 0 fully saturated rings. The molecule has 0 heterocycles. The van der Waals surface area contributed by atoms with Crippen LogP contribution < -0.4 is 18.9 Å². The van der Waals surface area contributed by atoms with E-state index in [4.69, 9.17) is 0 Å². The second kappa shape index (κ2) is 7.96. The number of hydrogen-bond donors (Lipinski definition) is 0. The Balaban J connectivity index is 0.00000364. The maximum Gasteiger partial charge on any atom is 1.00 e. The summed E-state index contributed by atoms with van der Waals surface area (Å²) in [5.74, 6) is -1.74. The number of rotatable bonds is 3. The van der Waals surface area contributed by atoms with E-state index in [1.165, 1.54) is 18.2 Å². The van der Waals surface area contributed by atoms with Gasteiger partial charge >= 0.3 is 31.2 Å². The number of benzene rings is 2. The molecule has 2 aromatic rings. The number of carbonyl (C=O) groups excluding carboxylic acids is 1. The molecule has 27 heavy (non-hydrogen) atoms. The quantitative estimate of drug-likeness (QED) is 0.578. The molecule has 0 saturated heterocycles. The van der Waals surface area contributed by atoms with Crippen LogP contribution in [0.3, 0.4) is 0 Å². The van der Waals surface area contributed by atoms with Crippen molar-refractivity contribution in [2.75, 3.05) is 0 Å². The average molecular weight is 403 g/mol. The van der Waals surface area contributed by atoms with Crippen LogP contribution in [0.4, 0.5) is 26.3 Å². The molecule has 0 aliphatic rings. The van der Waals surface area contributed by atoms with Gasteiger partial charge in [-0.2, -0.15) is 26.3 Å². The average Bonchev–Trinajstić information content (AvgIpc) is 2.53. The Morgan fingerprint density at radius 3 is 1.67 bits per heavy atom. The molecule has 12 heteroatoms. The third kappa shape index (κ3) is 5.76. The van der Waals surface area contributed by atoms with Crippen molar-refractivity contribution in [2.45, 2.75) is 17.2 Å². The summed E-state index contributed by atoms with van der Waals surface area (Å²) in [6.45, 7) is 0. The minimum Gasteiger partial charge on any atom is -0.538 e. The van der Waals surface area contributed by atoms with Gasteiger partial charge in [-0.25, -0.2) is 8.42 Å². The molecule has 0 unspecified atom stereocenters. The van der Waals surface area contributed by atoms with E-state index < -0.39 is 49.9 Å². The first-order valence-electron chi connectivity index (χ1n) is 6.67. The van der Waals surface area contributed by atoms with Gasteiger partial charge < -0.3 is 9.52 Å². The number of amides is 1. The summed E-state index contributed by atoms with van der Waals surface area (Å²) in [7, 11) is -4.59.